The Bertz CT molecular complexity index is 508. The second-order valence-corrected chi connectivity index (χ2v) is 5.55. The van der Waals surface area contributed by atoms with E-state index in [4.69, 9.17) is 0 Å². The number of hydrogen-bond donors (Lipinski definition) is 1. The normalized spacial score (nSPS) is 25.2. The van der Waals surface area contributed by atoms with Crippen LogP contribution in [0.3, 0.4) is 0 Å². The van der Waals surface area contributed by atoms with Crippen LogP contribution in [-0.4, -0.2) is 45.0 Å². The van der Waals surface area contributed by atoms with E-state index in [1.807, 2.05) is 0 Å². The number of rotatable bonds is 3. The molecular weight excluding hydrogens is 260 g/mol. The van der Waals surface area contributed by atoms with Crippen molar-refractivity contribution in [3.05, 3.63) is 12.2 Å². The molecule has 1 unspecified atom stereocenters. The van der Waals surface area contributed by atoms with Crippen LogP contribution in [0.5, 0.6) is 0 Å². The number of nitrogens with one attached hydrogen (secondary N) is 1. The van der Waals surface area contributed by atoms with Crippen molar-refractivity contribution >= 4 is 11.8 Å². The Morgan fingerprint density at radius 2 is 2.20 bits per heavy atom. The van der Waals surface area contributed by atoms with E-state index in [2.05, 4.69) is 20.0 Å². The molecule has 1 spiro atoms. The lowest BCUT2D eigenvalue weighted by Gasteiger charge is -2.43. The third kappa shape index (κ3) is 2.07. The summed E-state index contributed by atoms with van der Waals surface area (Å²) >= 11 is 0. The van der Waals surface area contributed by atoms with Crippen LogP contribution in [0.2, 0.25) is 0 Å². The van der Waals surface area contributed by atoms with Gasteiger partial charge >= 0.3 is 0 Å². The molecule has 1 atom stereocenters. The Morgan fingerprint density at radius 1 is 1.45 bits per heavy atom. The van der Waals surface area contributed by atoms with E-state index >= 15 is 0 Å². The smallest absolute Gasteiger partial charge is 0.249 e. The van der Waals surface area contributed by atoms with E-state index < -0.39 is 11.6 Å². The van der Waals surface area contributed by atoms with Gasteiger partial charge in [-0.25, -0.2) is 0 Å². The van der Waals surface area contributed by atoms with Gasteiger partial charge in [0.25, 0.3) is 0 Å². The number of carbonyl (C=O) groups excluding carboxylic acids is 2. The molecule has 1 saturated heterocycles. The molecule has 7 nitrogen and oxygen atoms in total. The average molecular weight is 278 g/mol. The molecule has 2 aliphatic rings. The first-order valence-electron chi connectivity index (χ1n) is 7.01. The maximum absolute atomic E-state index is 12.7. The highest BCUT2D eigenvalue weighted by Crippen LogP contribution is 2.34. The third-order valence-corrected chi connectivity index (χ3v) is 4.32. The van der Waals surface area contributed by atoms with Gasteiger partial charge in [0.1, 0.15) is 11.6 Å². The van der Waals surface area contributed by atoms with E-state index in [-0.39, 0.29) is 11.8 Å². The molecule has 20 heavy (non-hydrogen) atoms. The fraction of sp³-hybridized carbons (Fsp3) is 0.692. The third-order valence-electron chi connectivity index (χ3n) is 4.32. The van der Waals surface area contributed by atoms with E-state index in [0.717, 1.165) is 25.7 Å². The van der Waals surface area contributed by atoms with Crippen molar-refractivity contribution in [3.8, 4) is 0 Å². The zero-order valence-electron chi connectivity index (χ0n) is 11.5. The molecule has 108 valence electrons. The molecule has 1 aliphatic carbocycles. The van der Waals surface area contributed by atoms with Gasteiger partial charge < -0.3 is 14.7 Å². The number of hydrogen-bond acceptors (Lipinski definition) is 5. The zero-order valence-corrected chi connectivity index (χ0v) is 11.5. The van der Waals surface area contributed by atoms with Crippen LogP contribution < -0.4 is 5.32 Å². The van der Waals surface area contributed by atoms with Gasteiger partial charge in [0.15, 0.2) is 5.82 Å². The van der Waals surface area contributed by atoms with Gasteiger partial charge in [0.05, 0.1) is 0 Å². The first kappa shape index (κ1) is 13.1. The summed E-state index contributed by atoms with van der Waals surface area (Å²) in [6.45, 7) is 2.19. The minimum atomic E-state index is -0.666. The van der Waals surface area contributed by atoms with Crippen molar-refractivity contribution in [3.63, 3.8) is 0 Å². The zero-order chi connectivity index (χ0) is 14.2. The lowest BCUT2D eigenvalue weighted by atomic mass is 9.91. The Morgan fingerprint density at radius 3 is 2.85 bits per heavy atom. The summed E-state index contributed by atoms with van der Waals surface area (Å²) in [5.41, 5.74) is -0.666. The molecule has 1 aromatic rings. The van der Waals surface area contributed by atoms with Crippen LogP contribution in [0, 0.1) is 0 Å². The quantitative estimate of drug-likeness (QED) is 0.857. The molecule has 0 radical (unpaired) electrons. The molecule has 1 aromatic heterocycles. The maximum Gasteiger partial charge on any atom is 0.249 e. The number of nitrogens with zero attached hydrogens (tertiary/aromatic N) is 3. The molecule has 7 heteroatoms. The van der Waals surface area contributed by atoms with Gasteiger partial charge in [-0.1, -0.05) is 18.0 Å². The van der Waals surface area contributed by atoms with Crippen LogP contribution in [0.15, 0.2) is 10.9 Å². The largest absolute Gasteiger partial charge is 0.343 e. The standard InChI is InChI=1S/C13H18N4O3/c1-9-11(18)15-13(5-2-3-6-13)12(19)17(9)7-4-10-14-8-20-16-10/h8-9H,2-7H2,1H3,(H,15,18). The molecule has 1 saturated carbocycles. The predicted octanol–water partition coefficient (Wildman–Crippen LogP) is 0.272. The van der Waals surface area contributed by atoms with Crippen molar-refractivity contribution in [2.75, 3.05) is 6.54 Å². The molecular formula is C13H18N4O3. The van der Waals surface area contributed by atoms with E-state index in [1.165, 1.54) is 6.39 Å². The van der Waals surface area contributed by atoms with Gasteiger partial charge in [-0.2, -0.15) is 4.98 Å². The molecule has 1 aliphatic heterocycles. The Kier molecular flexibility index (Phi) is 3.19. The van der Waals surface area contributed by atoms with Crippen molar-refractivity contribution < 1.29 is 14.1 Å². The van der Waals surface area contributed by atoms with Crippen LogP contribution in [0.1, 0.15) is 38.4 Å². The highest BCUT2D eigenvalue weighted by Gasteiger charge is 2.50. The van der Waals surface area contributed by atoms with Crippen LogP contribution in [0.25, 0.3) is 0 Å². The number of aromatic nitrogens is 2. The Hall–Kier alpha value is -1.92. The summed E-state index contributed by atoms with van der Waals surface area (Å²) in [5, 5.41) is 6.67. The minimum absolute atomic E-state index is 0.0330. The van der Waals surface area contributed by atoms with Crippen LogP contribution in [0.4, 0.5) is 0 Å². The molecule has 2 heterocycles. The van der Waals surface area contributed by atoms with Crippen molar-refractivity contribution in [1.82, 2.24) is 20.4 Å². The fourth-order valence-corrected chi connectivity index (χ4v) is 3.12. The second-order valence-electron chi connectivity index (χ2n) is 5.55. The van der Waals surface area contributed by atoms with Crippen LogP contribution >= 0.6 is 0 Å². The first-order chi connectivity index (χ1) is 9.62. The molecule has 0 bridgehead atoms. The van der Waals surface area contributed by atoms with E-state index in [0.29, 0.717) is 18.8 Å². The van der Waals surface area contributed by atoms with Crippen molar-refractivity contribution in [2.45, 2.75) is 50.6 Å². The molecule has 3 rings (SSSR count). The summed E-state index contributed by atoms with van der Waals surface area (Å²) in [7, 11) is 0. The van der Waals surface area contributed by atoms with Gasteiger partial charge in [0.2, 0.25) is 18.2 Å². The molecule has 2 fully saturated rings. The predicted molar refractivity (Wildman–Crippen MR) is 68.5 cm³/mol. The highest BCUT2D eigenvalue weighted by atomic mass is 16.5. The van der Waals surface area contributed by atoms with E-state index in [1.54, 1.807) is 11.8 Å². The van der Waals surface area contributed by atoms with Gasteiger partial charge in [-0.3, -0.25) is 9.59 Å². The summed E-state index contributed by atoms with van der Waals surface area (Å²) in [6.07, 6.45) is 5.21. The minimum Gasteiger partial charge on any atom is -0.343 e. The maximum atomic E-state index is 12.7. The summed E-state index contributed by atoms with van der Waals surface area (Å²) < 4.78 is 4.68. The van der Waals surface area contributed by atoms with Crippen molar-refractivity contribution in [1.29, 1.82) is 0 Å². The summed E-state index contributed by atoms with van der Waals surface area (Å²) in [5.74, 6) is 0.515. The SMILES string of the molecule is CC1C(=O)NC2(CCCC2)C(=O)N1CCc1ncon1. The van der Waals surface area contributed by atoms with E-state index in [9.17, 15) is 9.59 Å². The van der Waals surface area contributed by atoms with Crippen LogP contribution in [-0.2, 0) is 16.0 Å². The number of piperazine rings is 1. The fourth-order valence-electron chi connectivity index (χ4n) is 3.12. The Balaban J connectivity index is 1.76. The van der Waals surface area contributed by atoms with Crippen molar-refractivity contribution in [2.24, 2.45) is 0 Å². The summed E-state index contributed by atoms with van der Waals surface area (Å²) in [4.78, 5) is 30.4. The number of amides is 2. The number of carbonyl (C=O) groups is 2. The molecule has 0 aromatic carbocycles. The summed E-state index contributed by atoms with van der Waals surface area (Å²) in [6, 6.07) is -0.444. The molecule has 1 N–H and O–H groups in total. The van der Waals surface area contributed by atoms with Gasteiger partial charge in [-0.05, 0) is 19.8 Å². The Labute approximate surface area is 116 Å². The monoisotopic (exact) mass is 278 g/mol. The highest BCUT2D eigenvalue weighted by molar-refractivity contribution is 5.99. The molecule has 2 amide bonds. The lowest BCUT2D eigenvalue weighted by Crippen LogP contribution is -2.69. The first-order valence-corrected chi connectivity index (χ1v) is 7.01. The second kappa shape index (κ2) is 4.88. The van der Waals surface area contributed by atoms with Gasteiger partial charge in [0, 0.05) is 13.0 Å². The topological polar surface area (TPSA) is 88.3 Å². The lowest BCUT2D eigenvalue weighted by molar-refractivity contribution is -0.154. The average Bonchev–Trinajstić information content (AvgIpc) is 3.09. The van der Waals surface area contributed by atoms with Gasteiger partial charge in [-0.15, -0.1) is 0 Å².